The van der Waals surface area contributed by atoms with Crippen LogP contribution in [0.25, 0.3) is 10.9 Å². The summed E-state index contributed by atoms with van der Waals surface area (Å²) in [6, 6.07) is 3.06. The molecule has 1 aromatic heterocycles. The molecule has 0 atom stereocenters. The number of esters is 1. The van der Waals surface area contributed by atoms with Crippen LogP contribution in [0.5, 0.6) is 0 Å². The molecule has 0 N–H and O–H groups in total. The van der Waals surface area contributed by atoms with E-state index in [1.165, 1.54) is 32.8 Å². The van der Waals surface area contributed by atoms with Gasteiger partial charge >= 0.3 is 5.97 Å². The highest BCUT2D eigenvalue weighted by molar-refractivity contribution is 6.03. The average molecular weight is 373 g/mol. The van der Waals surface area contributed by atoms with Gasteiger partial charge in [-0.3, -0.25) is 4.68 Å². The third-order valence-corrected chi connectivity index (χ3v) is 6.15. The zero-order valence-electron chi connectivity index (χ0n) is 17.5. The molecule has 148 valence electrons. The van der Waals surface area contributed by atoms with Crippen molar-refractivity contribution in [1.82, 2.24) is 14.7 Å². The van der Waals surface area contributed by atoms with Crippen molar-refractivity contribution >= 4 is 22.6 Å². The first-order valence-electron chi connectivity index (χ1n) is 9.85. The molecular formula is C21H32N4O2. The van der Waals surface area contributed by atoms with Crippen LogP contribution in [0.15, 0.2) is 12.3 Å². The van der Waals surface area contributed by atoms with Gasteiger partial charge in [-0.2, -0.15) is 5.10 Å². The predicted molar refractivity (Wildman–Crippen MR) is 110 cm³/mol. The number of hydrogen-bond acceptors (Lipinski definition) is 5. The van der Waals surface area contributed by atoms with Gasteiger partial charge in [-0.05, 0) is 65.3 Å². The minimum absolute atomic E-state index is 0.288. The SMILES string of the molecule is CCN(c1c(C)c(C(=O)OC)cc2c1cnn2C)C1CCC(N(C)C)CC1. The second-order valence-electron chi connectivity index (χ2n) is 7.80. The molecule has 1 aliphatic rings. The fourth-order valence-electron chi connectivity index (χ4n) is 4.55. The number of hydrogen-bond donors (Lipinski definition) is 0. The molecule has 2 aromatic rings. The Bertz CT molecular complexity index is 819. The zero-order chi connectivity index (χ0) is 19.7. The molecule has 0 bridgehead atoms. The normalized spacial score (nSPS) is 20.3. The Hall–Kier alpha value is -2.08. The maximum Gasteiger partial charge on any atom is 0.338 e. The molecule has 0 amide bonds. The van der Waals surface area contributed by atoms with Crippen molar-refractivity contribution in [3.8, 4) is 0 Å². The van der Waals surface area contributed by atoms with E-state index in [0.717, 1.165) is 28.7 Å². The number of nitrogens with zero attached hydrogens (tertiary/aromatic N) is 4. The summed E-state index contributed by atoms with van der Waals surface area (Å²) in [5, 5.41) is 5.56. The molecular weight excluding hydrogens is 340 g/mol. The van der Waals surface area contributed by atoms with Gasteiger partial charge in [0.15, 0.2) is 0 Å². The van der Waals surface area contributed by atoms with Crippen molar-refractivity contribution in [3.05, 3.63) is 23.4 Å². The summed E-state index contributed by atoms with van der Waals surface area (Å²) >= 11 is 0. The number of anilines is 1. The number of rotatable bonds is 5. The first-order valence-corrected chi connectivity index (χ1v) is 9.85. The Morgan fingerprint density at radius 2 is 1.89 bits per heavy atom. The highest BCUT2D eigenvalue weighted by Gasteiger charge is 2.29. The predicted octanol–water partition coefficient (Wildman–Crippen LogP) is 3.37. The van der Waals surface area contributed by atoms with Crippen molar-refractivity contribution < 1.29 is 9.53 Å². The van der Waals surface area contributed by atoms with Crippen molar-refractivity contribution in [1.29, 1.82) is 0 Å². The lowest BCUT2D eigenvalue weighted by Crippen LogP contribution is -2.42. The van der Waals surface area contributed by atoms with E-state index >= 15 is 0 Å². The van der Waals surface area contributed by atoms with Crippen molar-refractivity contribution in [2.24, 2.45) is 7.05 Å². The van der Waals surface area contributed by atoms with Gasteiger partial charge in [0.1, 0.15) is 0 Å². The standard InChI is InChI=1S/C21H32N4O2/c1-7-25(16-10-8-15(9-11-16)23(3)4)20-14(2)17(21(26)27-6)12-19-18(20)13-22-24(19)5/h12-13,15-16H,7-11H2,1-6H3. The van der Waals surface area contributed by atoms with E-state index in [9.17, 15) is 4.79 Å². The molecule has 0 unspecified atom stereocenters. The lowest BCUT2D eigenvalue weighted by molar-refractivity contribution is 0.0600. The molecule has 1 heterocycles. The van der Waals surface area contributed by atoms with Gasteiger partial charge in [-0.25, -0.2) is 4.79 Å². The van der Waals surface area contributed by atoms with Crippen LogP contribution in [0.1, 0.15) is 48.5 Å². The molecule has 0 spiro atoms. The molecule has 6 nitrogen and oxygen atoms in total. The molecule has 3 rings (SSSR count). The largest absolute Gasteiger partial charge is 0.465 e. The lowest BCUT2D eigenvalue weighted by Gasteiger charge is -2.40. The van der Waals surface area contributed by atoms with E-state index in [-0.39, 0.29) is 5.97 Å². The summed E-state index contributed by atoms with van der Waals surface area (Å²) in [6.07, 6.45) is 6.67. The van der Waals surface area contributed by atoms with Gasteiger partial charge in [0.25, 0.3) is 0 Å². The molecule has 1 aliphatic carbocycles. The monoisotopic (exact) mass is 372 g/mol. The van der Waals surface area contributed by atoms with Crippen LogP contribution >= 0.6 is 0 Å². The van der Waals surface area contributed by atoms with E-state index in [2.05, 4.69) is 35.9 Å². The van der Waals surface area contributed by atoms with E-state index in [0.29, 0.717) is 17.6 Å². The van der Waals surface area contributed by atoms with E-state index in [1.807, 2.05) is 30.9 Å². The average Bonchev–Trinajstić information content (AvgIpc) is 3.03. The molecule has 0 aliphatic heterocycles. The van der Waals surface area contributed by atoms with Crippen LogP contribution in [0.4, 0.5) is 5.69 Å². The summed E-state index contributed by atoms with van der Waals surface area (Å²) < 4.78 is 6.88. The van der Waals surface area contributed by atoms with Gasteiger partial charge in [0.2, 0.25) is 0 Å². The van der Waals surface area contributed by atoms with Crippen LogP contribution in [0, 0.1) is 6.92 Å². The van der Waals surface area contributed by atoms with Gasteiger partial charge in [0, 0.05) is 31.1 Å². The van der Waals surface area contributed by atoms with Crippen LogP contribution in [-0.4, -0.2) is 60.5 Å². The van der Waals surface area contributed by atoms with Gasteiger partial charge in [0.05, 0.1) is 30.1 Å². The Morgan fingerprint density at radius 1 is 1.26 bits per heavy atom. The van der Waals surface area contributed by atoms with E-state index in [4.69, 9.17) is 4.74 Å². The van der Waals surface area contributed by atoms with Crippen molar-refractivity contribution in [3.63, 3.8) is 0 Å². The number of methoxy groups -OCH3 is 1. The number of benzene rings is 1. The third kappa shape index (κ3) is 3.55. The summed E-state index contributed by atoms with van der Waals surface area (Å²) in [7, 11) is 7.70. The molecule has 0 saturated heterocycles. The second-order valence-corrected chi connectivity index (χ2v) is 7.80. The van der Waals surface area contributed by atoms with Gasteiger partial charge in [-0.1, -0.05) is 0 Å². The van der Waals surface area contributed by atoms with Gasteiger partial charge < -0.3 is 14.5 Å². The minimum Gasteiger partial charge on any atom is -0.465 e. The van der Waals surface area contributed by atoms with Crippen molar-refractivity contribution in [2.45, 2.75) is 51.6 Å². The zero-order valence-corrected chi connectivity index (χ0v) is 17.5. The quantitative estimate of drug-likeness (QED) is 0.753. The molecule has 1 aromatic carbocycles. The number of carbonyl (C=O) groups is 1. The second kappa shape index (κ2) is 7.89. The maximum absolute atomic E-state index is 12.4. The molecule has 1 saturated carbocycles. The molecule has 27 heavy (non-hydrogen) atoms. The summed E-state index contributed by atoms with van der Waals surface area (Å²) in [5.41, 5.74) is 3.72. The first-order chi connectivity index (χ1) is 12.9. The first kappa shape index (κ1) is 19.7. The number of aromatic nitrogens is 2. The fourth-order valence-corrected chi connectivity index (χ4v) is 4.55. The smallest absolute Gasteiger partial charge is 0.338 e. The van der Waals surface area contributed by atoms with E-state index in [1.54, 1.807) is 0 Å². The minimum atomic E-state index is -0.288. The Labute approximate surface area is 162 Å². The summed E-state index contributed by atoms with van der Waals surface area (Å²) in [5.74, 6) is -0.288. The van der Waals surface area contributed by atoms with Crippen LogP contribution in [-0.2, 0) is 11.8 Å². The number of carbonyl (C=O) groups excluding carboxylic acids is 1. The number of aryl methyl sites for hydroxylation is 1. The van der Waals surface area contributed by atoms with E-state index < -0.39 is 0 Å². The molecule has 6 heteroatoms. The third-order valence-electron chi connectivity index (χ3n) is 6.15. The Kier molecular flexibility index (Phi) is 5.75. The highest BCUT2D eigenvalue weighted by atomic mass is 16.5. The maximum atomic E-state index is 12.4. The summed E-state index contributed by atoms with van der Waals surface area (Å²) in [4.78, 5) is 17.2. The van der Waals surface area contributed by atoms with Crippen molar-refractivity contribution in [2.75, 3.05) is 32.6 Å². The summed E-state index contributed by atoms with van der Waals surface area (Å²) in [6.45, 7) is 5.14. The number of fused-ring (bicyclic) bond motifs is 1. The fraction of sp³-hybridized carbons (Fsp3) is 0.619. The molecule has 1 fully saturated rings. The Balaban J connectivity index is 2.05. The van der Waals surface area contributed by atoms with Crippen LogP contribution < -0.4 is 4.90 Å². The van der Waals surface area contributed by atoms with Crippen LogP contribution in [0.3, 0.4) is 0 Å². The molecule has 0 radical (unpaired) electrons. The number of ether oxygens (including phenoxy) is 1. The van der Waals surface area contributed by atoms with Crippen LogP contribution in [0.2, 0.25) is 0 Å². The van der Waals surface area contributed by atoms with Gasteiger partial charge in [-0.15, -0.1) is 0 Å². The topological polar surface area (TPSA) is 50.6 Å². The lowest BCUT2D eigenvalue weighted by atomic mass is 9.88. The Morgan fingerprint density at radius 3 is 2.44 bits per heavy atom. The highest BCUT2D eigenvalue weighted by Crippen LogP contribution is 2.37.